The van der Waals surface area contributed by atoms with Crippen molar-refractivity contribution in [2.45, 2.75) is 12.9 Å². The third-order valence-corrected chi connectivity index (χ3v) is 1.34. The molecule has 2 nitrogen and oxygen atoms in total. The first-order valence-electron chi connectivity index (χ1n) is 6.14. The zero-order valence-corrected chi connectivity index (χ0v) is 5.87. The lowest BCUT2D eigenvalue weighted by atomic mass is 10.1. The monoisotopic (exact) mass is 157 g/mol. The molecule has 0 bridgehead atoms. The lowest BCUT2D eigenvalue weighted by Gasteiger charge is -2.06. The molecule has 0 fully saturated rings. The van der Waals surface area contributed by atoms with E-state index in [0.29, 0.717) is 5.56 Å². The Morgan fingerprint density at radius 2 is 2.55 bits per heavy atom. The molecule has 1 rings (SSSR count). The van der Waals surface area contributed by atoms with Crippen LogP contribution in [0.4, 0.5) is 0 Å². The maximum atomic E-state index is 7.18. The minimum absolute atomic E-state index is 0.0715. The molecule has 0 unspecified atom stereocenters. The van der Waals surface area contributed by atoms with E-state index in [-0.39, 0.29) is 5.75 Å². The Labute approximate surface area is 75.4 Å². The Morgan fingerprint density at radius 1 is 1.64 bits per heavy atom. The van der Waals surface area contributed by atoms with Crippen molar-refractivity contribution in [1.29, 1.82) is 0 Å². The van der Waals surface area contributed by atoms with Crippen LogP contribution in [0.25, 0.3) is 0 Å². The lowest BCUT2D eigenvalue weighted by Crippen LogP contribution is -2.04. The average molecular weight is 157 g/mol. The van der Waals surface area contributed by atoms with Crippen LogP contribution in [0.2, 0.25) is 0 Å². The summed E-state index contributed by atoms with van der Waals surface area (Å²) in [6, 6.07) is 4.61. The van der Waals surface area contributed by atoms with Crippen molar-refractivity contribution in [1.82, 2.24) is 0 Å². The molecule has 1 atom stereocenters. The van der Waals surface area contributed by atoms with Crippen LogP contribution in [0.1, 0.15) is 26.7 Å². The number of hydrogen-bond acceptors (Lipinski definition) is 2. The van der Waals surface area contributed by atoms with Crippen molar-refractivity contribution < 1.29 is 13.0 Å². The third kappa shape index (κ3) is 1.95. The van der Waals surface area contributed by atoms with Gasteiger partial charge in [-0.05, 0) is 24.5 Å². The van der Waals surface area contributed by atoms with Crippen LogP contribution in [-0.4, -0.2) is 7.04 Å². The summed E-state index contributed by atoms with van der Waals surface area (Å²) >= 11 is 0. The quantitative estimate of drug-likeness (QED) is 0.709. The first-order chi connectivity index (χ1) is 7.59. The van der Waals surface area contributed by atoms with Gasteiger partial charge in [0.1, 0.15) is 5.75 Å². The van der Waals surface area contributed by atoms with Crippen LogP contribution in [0, 0.1) is 0 Å². The minimum Gasteiger partial charge on any atom is -0.497 e. The Hall–Kier alpha value is -1.02. The van der Waals surface area contributed by atoms with E-state index in [1.54, 1.807) is 0 Å². The molecule has 0 aliphatic heterocycles. The van der Waals surface area contributed by atoms with E-state index in [1.165, 1.54) is 24.3 Å². The highest BCUT2D eigenvalue weighted by molar-refractivity contribution is 5.29. The van der Waals surface area contributed by atoms with Gasteiger partial charge in [0.25, 0.3) is 0 Å². The SMILES string of the molecule is [2H]C([2H])([2H])Oc1cccc([C@H](N)C([2H])([2H])[2H])c1. The summed E-state index contributed by atoms with van der Waals surface area (Å²) in [7, 11) is -2.57. The molecule has 1 aromatic rings. The van der Waals surface area contributed by atoms with Gasteiger partial charge in [-0.15, -0.1) is 0 Å². The Morgan fingerprint density at radius 3 is 3.27 bits per heavy atom. The van der Waals surface area contributed by atoms with Gasteiger partial charge in [-0.25, -0.2) is 0 Å². The van der Waals surface area contributed by atoms with Gasteiger partial charge in [-0.3, -0.25) is 0 Å². The largest absolute Gasteiger partial charge is 0.497 e. The fourth-order valence-electron chi connectivity index (χ4n) is 0.771. The summed E-state index contributed by atoms with van der Waals surface area (Å²) in [5.74, 6) is 0.0715. The van der Waals surface area contributed by atoms with Crippen molar-refractivity contribution >= 4 is 0 Å². The molecule has 60 valence electrons. The standard InChI is InChI=1S/C9H13NO/c1-7(10)8-4-3-5-9(6-8)11-2/h3-7H,10H2,1-2H3/t7-/m1/s1/i1D3,2D3. The molecular formula is C9H13NO. The van der Waals surface area contributed by atoms with E-state index >= 15 is 0 Å². The van der Waals surface area contributed by atoms with Gasteiger partial charge in [0, 0.05) is 10.2 Å². The first kappa shape index (κ1) is 3.15. The van der Waals surface area contributed by atoms with Crippen LogP contribution < -0.4 is 10.5 Å². The average Bonchev–Trinajstić information content (AvgIpc) is 2.12. The van der Waals surface area contributed by atoms with Crippen molar-refractivity contribution in [3.8, 4) is 5.75 Å². The van der Waals surface area contributed by atoms with Crippen molar-refractivity contribution in [3.05, 3.63) is 29.8 Å². The van der Waals surface area contributed by atoms with Crippen LogP contribution in [0.15, 0.2) is 24.3 Å². The van der Waals surface area contributed by atoms with E-state index < -0.39 is 19.9 Å². The highest BCUT2D eigenvalue weighted by Crippen LogP contribution is 2.16. The molecular weight excluding hydrogens is 138 g/mol. The van der Waals surface area contributed by atoms with Gasteiger partial charge in [0.05, 0.1) is 11.2 Å². The summed E-state index contributed by atoms with van der Waals surface area (Å²) < 4.78 is 47.0. The second-order valence-electron chi connectivity index (χ2n) is 2.15. The molecule has 0 spiro atoms. The van der Waals surface area contributed by atoms with Crippen molar-refractivity contribution in [2.75, 3.05) is 7.04 Å². The van der Waals surface area contributed by atoms with Gasteiger partial charge in [-0.1, -0.05) is 12.1 Å². The predicted molar refractivity (Wildman–Crippen MR) is 45.6 cm³/mol. The normalized spacial score (nSPS) is 23.0. The van der Waals surface area contributed by atoms with Crippen LogP contribution >= 0.6 is 0 Å². The third-order valence-electron chi connectivity index (χ3n) is 1.34. The van der Waals surface area contributed by atoms with Gasteiger partial charge in [0.2, 0.25) is 0 Å². The highest BCUT2D eigenvalue weighted by Gasteiger charge is 1.98. The maximum Gasteiger partial charge on any atom is 0.119 e. The molecule has 0 aliphatic rings. The second kappa shape index (κ2) is 3.39. The molecule has 2 heteroatoms. The van der Waals surface area contributed by atoms with Gasteiger partial charge >= 0.3 is 0 Å². The highest BCUT2D eigenvalue weighted by atomic mass is 16.5. The second-order valence-corrected chi connectivity index (χ2v) is 2.15. The van der Waals surface area contributed by atoms with E-state index in [4.69, 9.17) is 14.0 Å². The minimum atomic E-state index is -2.57. The molecule has 0 aromatic heterocycles. The maximum absolute atomic E-state index is 7.18. The molecule has 0 saturated heterocycles. The molecule has 0 heterocycles. The Bertz CT molecular complexity index is 386. The number of methoxy groups -OCH3 is 1. The van der Waals surface area contributed by atoms with E-state index in [9.17, 15) is 0 Å². The first-order valence-corrected chi connectivity index (χ1v) is 3.14. The number of hydrogen-bond donors (Lipinski definition) is 1. The summed E-state index contributed by atoms with van der Waals surface area (Å²) in [6.07, 6.45) is 0. The zero-order valence-electron chi connectivity index (χ0n) is 11.9. The molecule has 0 amide bonds. The Kier molecular flexibility index (Phi) is 0.972. The number of nitrogens with two attached hydrogens (primary N) is 1. The fourth-order valence-corrected chi connectivity index (χ4v) is 0.771. The zero-order chi connectivity index (χ0) is 13.3. The van der Waals surface area contributed by atoms with E-state index in [2.05, 4.69) is 4.74 Å². The van der Waals surface area contributed by atoms with Crippen LogP contribution in [-0.2, 0) is 0 Å². The molecule has 0 saturated carbocycles. The topological polar surface area (TPSA) is 35.2 Å². The molecule has 0 aliphatic carbocycles. The molecule has 2 N–H and O–H groups in total. The van der Waals surface area contributed by atoms with Crippen molar-refractivity contribution in [3.63, 3.8) is 0 Å². The smallest absolute Gasteiger partial charge is 0.119 e. The fraction of sp³-hybridized carbons (Fsp3) is 0.333. The molecule has 11 heavy (non-hydrogen) atoms. The molecule has 1 aromatic carbocycles. The number of rotatable bonds is 2. The summed E-state index contributed by atoms with van der Waals surface area (Å²) in [5.41, 5.74) is 5.86. The summed E-state index contributed by atoms with van der Waals surface area (Å²) in [5, 5.41) is 0. The lowest BCUT2D eigenvalue weighted by molar-refractivity contribution is 0.414. The molecule has 0 radical (unpaired) electrons. The predicted octanol–water partition coefficient (Wildman–Crippen LogP) is 1.71. The van der Waals surface area contributed by atoms with Gasteiger partial charge < -0.3 is 10.5 Å². The number of ether oxygens (including phenoxy) is 1. The van der Waals surface area contributed by atoms with E-state index in [0.717, 1.165) is 0 Å². The summed E-state index contributed by atoms with van der Waals surface area (Å²) in [6.45, 7) is -2.33. The van der Waals surface area contributed by atoms with Crippen molar-refractivity contribution in [2.24, 2.45) is 5.73 Å². The number of benzene rings is 1. The van der Waals surface area contributed by atoms with Gasteiger partial charge in [-0.2, -0.15) is 0 Å². The van der Waals surface area contributed by atoms with E-state index in [1.807, 2.05) is 0 Å². The Balaban J connectivity index is 2.94. The van der Waals surface area contributed by atoms with Crippen LogP contribution in [0.3, 0.4) is 0 Å². The summed E-state index contributed by atoms with van der Waals surface area (Å²) in [4.78, 5) is 0. The van der Waals surface area contributed by atoms with Gasteiger partial charge in [0.15, 0.2) is 0 Å². The van der Waals surface area contributed by atoms with Crippen LogP contribution in [0.5, 0.6) is 5.75 Å².